The standard InChI is InChI=1S/C32H31Cl2N3O4S/c1-23-17-18-26(20-29(23)34)37(42(40,41)27-14-7-4-8-15-27)22-31(38)36(21-25-13-9-10-16-28(25)33)30(32(39)35-2)19-24-11-5-3-6-12-24/h3-18,20,30H,19,21-22H2,1-2H3,(H,35,39)/t30-/m1/s1. The van der Waals surface area contributed by atoms with E-state index in [-0.39, 0.29) is 23.5 Å². The smallest absolute Gasteiger partial charge is 0.264 e. The van der Waals surface area contributed by atoms with Crippen molar-refractivity contribution in [3.63, 3.8) is 0 Å². The maximum Gasteiger partial charge on any atom is 0.264 e. The Hall–Kier alpha value is -3.85. The summed E-state index contributed by atoms with van der Waals surface area (Å²) in [5, 5.41) is 3.44. The molecule has 0 radical (unpaired) electrons. The molecule has 4 aromatic rings. The van der Waals surface area contributed by atoms with E-state index in [9.17, 15) is 18.0 Å². The summed E-state index contributed by atoms with van der Waals surface area (Å²) in [5.74, 6) is -0.981. The lowest BCUT2D eigenvalue weighted by Crippen LogP contribution is -2.53. The lowest BCUT2D eigenvalue weighted by molar-refractivity contribution is -0.139. The highest BCUT2D eigenvalue weighted by molar-refractivity contribution is 7.92. The van der Waals surface area contributed by atoms with E-state index < -0.39 is 34.4 Å². The van der Waals surface area contributed by atoms with Gasteiger partial charge in [-0.2, -0.15) is 0 Å². The van der Waals surface area contributed by atoms with E-state index in [0.717, 1.165) is 15.4 Å². The molecule has 1 atom stereocenters. The van der Waals surface area contributed by atoms with Crippen LogP contribution in [0, 0.1) is 6.92 Å². The summed E-state index contributed by atoms with van der Waals surface area (Å²) in [5.41, 5.74) is 2.43. The van der Waals surface area contributed by atoms with Gasteiger partial charge in [-0.3, -0.25) is 13.9 Å². The summed E-state index contributed by atoms with van der Waals surface area (Å²) in [7, 11) is -2.70. The van der Waals surface area contributed by atoms with Crippen molar-refractivity contribution < 1.29 is 18.0 Å². The average molecular weight is 625 g/mol. The van der Waals surface area contributed by atoms with E-state index in [0.29, 0.717) is 15.6 Å². The minimum atomic E-state index is -4.20. The third-order valence-electron chi connectivity index (χ3n) is 6.87. The van der Waals surface area contributed by atoms with Crippen molar-refractivity contribution in [1.82, 2.24) is 10.2 Å². The van der Waals surface area contributed by atoms with Crippen molar-refractivity contribution in [3.8, 4) is 0 Å². The van der Waals surface area contributed by atoms with Gasteiger partial charge in [0, 0.05) is 30.1 Å². The topological polar surface area (TPSA) is 86.8 Å². The molecule has 218 valence electrons. The van der Waals surface area contributed by atoms with Gasteiger partial charge in [-0.15, -0.1) is 0 Å². The fourth-order valence-corrected chi connectivity index (χ4v) is 6.31. The number of hydrogen-bond donors (Lipinski definition) is 1. The molecule has 0 aliphatic heterocycles. The molecule has 1 N–H and O–H groups in total. The van der Waals surface area contributed by atoms with E-state index in [2.05, 4.69) is 5.32 Å². The number of hydrogen-bond acceptors (Lipinski definition) is 4. The second-order valence-electron chi connectivity index (χ2n) is 9.69. The lowest BCUT2D eigenvalue weighted by Gasteiger charge is -2.33. The zero-order chi connectivity index (χ0) is 30.3. The van der Waals surface area contributed by atoms with Gasteiger partial charge in [0.05, 0.1) is 10.6 Å². The van der Waals surface area contributed by atoms with Gasteiger partial charge in [0.1, 0.15) is 12.6 Å². The summed E-state index contributed by atoms with van der Waals surface area (Å²) in [6, 6.07) is 28.1. The predicted molar refractivity (Wildman–Crippen MR) is 167 cm³/mol. The van der Waals surface area contributed by atoms with Crippen LogP contribution in [0.25, 0.3) is 0 Å². The van der Waals surface area contributed by atoms with E-state index in [1.54, 1.807) is 61.5 Å². The third-order valence-corrected chi connectivity index (χ3v) is 9.43. The number of likely N-dealkylation sites (N-methyl/N-ethyl adjacent to an activating group) is 1. The fraction of sp³-hybridized carbons (Fsp3) is 0.188. The number of aryl methyl sites for hydroxylation is 1. The van der Waals surface area contributed by atoms with E-state index in [1.807, 2.05) is 30.3 Å². The first kappa shape index (κ1) is 31.1. The fourth-order valence-electron chi connectivity index (χ4n) is 4.52. The number of nitrogens with one attached hydrogen (secondary N) is 1. The molecule has 0 aromatic heterocycles. The first-order valence-electron chi connectivity index (χ1n) is 13.2. The molecule has 2 amide bonds. The molecule has 0 saturated heterocycles. The predicted octanol–water partition coefficient (Wildman–Crippen LogP) is 5.88. The number of carbonyl (C=O) groups excluding carboxylic acids is 2. The number of amides is 2. The van der Waals surface area contributed by atoms with Crippen LogP contribution in [0.1, 0.15) is 16.7 Å². The van der Waals surface area contributed by atoms with Gasteiger partial charge in [0.2, 0.25) is 11.8 Å². The van der Waals surface area contributed by atoms with Gasteiger partial charge in [0.15, 0.2) is 0 Å². The highest BCUT2D eigenvalue weighted by Gasteiger charge is 2.34. The second kappa shape index (κ2) is 13.9. The first-order chi connectivity index (χ1) is 20.1. The number of sulfonamides is 1. The molecule has 0 unspecified atom stereocenters. The summed E-state index contributed by atoms with van der Waals surface area (Å²) >= 11 is 12.9. The van der Waals surface area contributed by atoms with Crippen LogP contribution in [-0.2, 0) is 32.6 Å². The molecule has 0 aliphatic carbocycles. The molecule has 7 nitrogen and oxygen atoms in total. The Morgan fingerprint density at radius 1 is 0.833 bits per heavy atom. The Kier molecular flexibility index (Phi) is 10.3. The Bertz CT molecular complexity index is 1650. The maximum atomic E-state index is 14.3. The minimum Gasteiger partial charge on any atom is -0.357 e. The Morgan fingerprint density at radius 3 is 2.07 bits per heavy atom. The molecule has 4 aromatic carbocycles. The zero-order valence-corrected chi connectivity index (χ0v) is 25.5. The van der Waals surface area contributed by atoms with Gasteiger partial charge >= 0.3 is 0 Å². The highest BCUT2D eigenvalue weighted by Crippen LogP contribution is 2.29. The van der Waals surface area contributed by atoms with Crippen molar-refractivity contribution in [3.05, 3.63) is 130 Å². The van der Waals surface area contributed by atoms with Crippen molar-refractivity contribution in [2.75, 3.05) is 17.9 Å². The molecule has 0 bridgehead atoms. The van der Waals surface area contributed by atoms with Gasteiger partial charge in [0.25, 0.3) is 10.0 Å². The van der Waals surface area contributed by atoms with Gasteiger partial charge in [-0.05, 0) is 53.9 Å². The zero-order valence-electron chi connectivity index (χ0n) is 23.2. The molecule has 0 heterocycles. The minimum absolute atomic E-state index is 0.0132. The van der Waals surface area contributed by atoms with Crippen molar-refractivity contribution in [2.24, 2.45) is 0 Å². The summed E-state index contributed by atoms with van der Waals surface area (Å²) in [6.45, 7) is 1.21. The van der Waals surface area contributed by atoms with Crippen molar-refractivity contribution in [2.45, 2.75) is 30.8 Å². The van der Waals surface area contributed by atoms with E-state index in [1.165, 1.54) is 30.1 Å². The number of carbonyl (C=O) groups is 2. The summed E-state index contributed by atoms with van der Waals surface area (Å²) < 4.78 is 29.0. The largest absolute Gasteiger partial charge is 0.357 e. The third kappa shape index (κ3) is 7.31. The monoisotopic (exact) mass is 623 g/mol. The molecule has 0 fully saturated rings. The van der Waals surface area contributed by atoms with Crippen LogP contribution in [0.15, 0.2) is 108 Å². The maximum absolute atomic E-state index is 14.3. The average Bonchev–Trinajstić information content (AvgIpc) is 3.00. The lowest BCUT2D eigenvalue weighted by atomic mass is 10.0. The van der Waals surface area contributed by atoms with Crippen LogP contribution in [0.5, 0.6) is 0 Å². The quantitative estimate of drug-likeness (QED) is 0.226. The van der Waals surface area contributed by atoms with E-state index >= 15 is 0 Å². The number of halogens is 2. The molecule has 0 aliphatic rings. The Labute approximate surface area is 256 Å². The van der Waals surface area contributed by atoms with Gasteiger partial charge in [-0.25, -0.2) is 8.42 Å². The normalized spacial score (nSPS) is 11.9. The van der Waals surface area contributed by atoms with Crippen molar-refractivity contribution in [1.29, 1.82) is 0 Å². The Morgan fingerprint density at radius 2 is 1.45 bits per heavy atom. The molecule has 42 heavy (non-hydrogen) atoms. The van der Waals surface area contributed by atoms with Gasteiger partial charge in [-0.1, -0.05) is 96.0 Å². The highest BCUT2D eigenvalue weighted by atomic mass is 35.5. The van der Waals surface area contributed by atoms with Crippen LogP contribution in [0.3, 0.4) is 0 Å². The number of rotatable bonds is 11. The Balaban J connectivity index is 1.81. The van der Waals surface area contributed by atoms with Crippen molar-refractivity contribution >= 4 is 50.7 Å². The summed E-state index contributed by atoms with van der Waals surface area (Å²) in [4.78, 5) is 29.0. The molecule has 4 rings (SSSR count). The van der Waals surface area contributed by atoms with Crippen LogP contribution < -0.4 is 9.62 Å². The molecular formula is C32H31Cl2N3O4S. The first-order valence-corrected chi connectivity index (χ1v) is 15.4. The van der Waals surface area contributed by atoms with Crippen LogP contribution in [0.2, 0.25) is 10.0 Å². The van der Waals surface area contributed by atoms with Crippen LogP contribution in [-0.4, -0.2) is 44.8 Å². The van der Waals surface area contributed by atoms with Crippen LogP contribution in [0.4, 0.5) is 5.69 Å². The molecule has 0 saturated carbocycles. The number of benzene rings is 4. The molecular weight excluding hydrogens is 593 g/mol. The van der Waals surface area contributed by atoms with Crippen LogP contribution >= 0.6 is 23.2 Å². The summed E-state index contributed by atoms with van der Waals surface area (Å²) in [6.07, 6.45) is 0.207. The number of anilines is 1. The van der Waals surface area contributed by atoms with Gasteiger partial charge < -0.3 is 10.2 Å². The number of nitrogens with zero attached hydrogens (tertiary/aromatic N) is 2. The SMILES string of the molecule is CNC(=O)[C@@H](Cc1ccccc1)N(Cc1ccccc1Cl)C(=O)CN(c1ccc(C)c(Cl)c1)S(=O)(=O)c1ccccc1. The van der Waals surface area contributed by atoms with E-state index in [4.69, 9.17) is 23.2 Å². The molecule has 0 spiro atoms. The molecule has 10 heteroatoms. The second-order valence-corrected chi connectivity index (χ2v) is 12.4.